The second-order valence-electron chi connectivity index (χ2n) is 3.05. The highest BCUT2D eigenvalue weighted by molar-refractivity contribution is 4.71. The van der Waals surface area contributed by atoms with Crippen molar-refractivity contribution < 1.29 is 13.2 Å². The van der Waals surface area contributed by atoms with E-state index >= 15 is 0 Å². The van der Waals surface area contributed by atoms with Crippen molar-refractivity contribution in [3.63, 3.8) is 0 Å². The molecule has 4 heteroatoms. The Kier molecular flexibility index (Phi) is 4.60. The maximum atomic E-state index is 12.2. The topological polar surface area (TPSA) is 26.0 Å². The van der Waals surface area contributed by atoms with Crippen LogP contribution in [-0.4, -0.2) is 12.2 Å². The van der Waals surface area contributed by atoms with Gasteiger partial charge in [-0.15, -0.1) is 0 Å². The Morgan fingerprint density at radius 3 is 1.92 bits per heavy atom. The standard InChI is InChI=1S/C8H16F3N/c1-3-6(8(9,10)11)5-7(12)4-2/h6-7H,3-5,12H2,1-2H3. The van der Waals surface area contributed by atoms with E-state index in [4.69, 9.17) is 5.73 Å². The molecule has 1 nitrogen and oxygen atoms in total. The van der Waals surface area contributed by atoms with E-state index in [0.717, 1.165) is 0 Å². The molecule has 0 radical (unpaired) electrons. The van der Waals surface area contributed by atoms with Gasteiger partial charge in [0.25, 0.3) is 0 Å². The Labute approximate surface area is 71.1 Å². The van der Waals surface area contributed by atoms with Crippen LogP contribution in [0.25, 0.3) is 0 Å². The molecule has 0 rings (SSSR count). The van der Waals surface area contributed by atoms with Crippen LogP contribution in [0, 0.1) is 5.92 Å². The van der Waals surface area contributed by atoms with Gasteiger partial charge in [-0.25, -0.2) is 0 Å². The lowest BCUT2D eigenvalue weighted by Crippen LogP contribution is -2.30. The highest BCUT2D eigenvalue weighted by Crippen LogP contribution is 2.32. The van der Waals surface area contributed by atoms with Gasteiger partial charge in [0.05, 0.1) is 5.92 Å². The van der Waals surface area contributed by atoms with Crippen LogP contribution in [0.2, 0.25) is 0 Å². The van der Waals surface area contributed by atoms with Crippen LogP contribution in [0.3, 0.4) is 0 Å². The molecular formula is C8H16F3N. The lowest BCUT2D eigenvalue weighted by atomic mass is 9.96. The van der Waals surface area contributed by atoms with E-state index in [0.29, 0.717) is 6.42 Å². The minimum atomic E-state index is -4.08. The second kappa shape index (κ2) is 4.70. The predicted molar refractivity (Wildman–Crippen MR) is 42.7 cm³/mol. The molecule has 0 aromatic carbocycles. The van der Waals surface area contributed by atoms with E-state index in [2.05, 4.69) is 0 Å². The molecule has 0 aliphatic heterocycles. The predicted octanol–water partition coefficient (Wildman–Crippen LogP) is 2.70. The third-order valence-corrected chi connectivity index (χ3v) is 2.07. The molecule has 0 aliphatic rings. The zero-order valence-corrected chi connectivity index (χ0v) is 7.49. The van der Waals surface area contributed by atoms with Crippen LogP contribution in [0.15, 0.2) is 0 Å². The van der Waals surface area contributed by atoms with E-state index in [1.165, 1.54) is 0 Å². The van der Waals surface area contributed by atoms with E-state index < -0.39 is 12.1 Å². The third kappa shape index (κ3) is 3.95. The van der Waals surface area contributed by atoms with E-state index in [-0.39, 0.29) is 18.9 Å². The van der Waals surface area contributed by atoms with Crippen LogP contribution in [-0.2, 0) is 0 Å². The van der Waals surface area contributed by atoms with Crippen molar-refractivity contribution in [3.05, 3.63) is 0 Å². The fourth-order valence-electron chi connectivity index (χ4n) is 1.06. The quantitative estimate of drug-likeness (QED) is 0.712. The van der Waals surface area contributed by atoms with Crippen LogP contribution in [0.4, 0.5) is 13.2 Å². The van der Waals surface area contributed by atoms with Gasteiger partial charge in [-0.05, 0) is 19.3 Å². The smallest absolute Gasteiger partial charge is 0.328 e. The van der Waals surface area contributed by atoms with Gasteiger partial charge in [-0.3, -0.25) is 0 Å². The van der Waals surface area contributed by atoms with Crippen LogP contribution < -0.4 is 5.73 Å². The maximum Gasteiger partial charge on any atom is 0.391 e. The van der Waals surface area contributed by atoms with Gasteiger partial charge in [0.15, 0.2) is 0 Å². The second-order valence-corrected chi connectivity index (χ2v) is 3.05. The molecule has 0 aliphatic carbocycles. The molecular weight excluding hydrogens is 167 g/mol. The van der Waals surface area contributed by atoms with Gasteiger partial charge >= 0.3 is 6.18 Å². The first-order valence-electron chi connectivity index (χ1n) is 4.24. The highest BCUT2D eigenvalue weighted by atomic mass is 19.4. The number of nitrogens with two attached hydrogens (primary N) is 1. The SMILES string of the molecule is CCC(N)CC(CC)C(F)(F)F. The number of alkyl halides is 3. The van der Waals surface area contributed by atoms with E-state index in [9.17, 15) is 13.2 Å². The molecule has 0 aromatic rings. The summed E-state index contributed by atoms with van der Waals surface area (Å²) in [4.78, 5) is 0. The van der Waals surface area contributed by atoms with E-state index in [1.807, 2.05) is 0 Å². The fraction of sp³-hybridized carbons (Fsp3) is 1.00. The molecule has 0 amide bonds. The molecule has 2 unspecified atom stereocenters. The molecule has 0 aromatic heterocycles. The average Bonchev–Trinajstić information content (AvgIpc) is 1.97. The van der Waals surface area contributed by atoms with Gasteiger partial charge in [-0.1, -0.05) is 13.8 Å². The monoisotopic (exact) mass is 183 g/mol. The van der Waals surface area contributed by atoms with Crippen molar-refractivity contribution in [1.82, 2.24) is 0 Å². The summed E-state index contributed by atoms with van der Waals surface area (Å²) in [5, 5.41) is 0. The molecule has 0 spiro atoms. The fourth-order valence-corrected chi connectivity index (χ4v) is 1.06. The van der Waals surface area contributed by atoms with Gasteiger partial charge in [0, 0.05) is 6.04 Å². The first kappa shape index (κ1) is 11.8. The minimum Gasteiger partial charge on any atom is -0.328 e. The maximum absolute atomic E-state index is 12.2. The van der Waals surface area contributed by atoms with Crippen LogP contribution >= 0.6 is 0 Å². The molecule has 74 valence electrons. The molecule has 2 atom stereocenters. The molecule has 0 fully saturated rings. The Bertz CT molecular complexity index is 122. The number of rotatable bonds is 4. The lowest BCUT2D eigenvalue weighted by molar-refractivity contribution is -0.178. The molecule has 0 saturated carbocycles. The summed E-state index contributed by atoms with van der Waals surface area (Å²) in [6.45, 7) is 3.34. The van der Waals surface area contributed by atoms with Crippen molar-refractivity contribution in [1.29, 1.82) is 0 Å². The normalized spacial score (nSPS) is 17.5. The summed E-state index contributed by atoms with van der Waals surface area (Å²) >= 11 is 0. The highest BCUT2D eigenvalue weighted by Gasteiger charge is 2.38. The number of halogens is 3. The van der Waals surface area contributed by atoms with Gasteiger partial charge in [-0.2, -0.15) is 13.2 Å². The lowest BCUT2D eigenvalue weighted by Gasteiger charge is -2.21. The Morgan fingerprint density at radius 2 is 1.67 bits per heavy atom. The zero-order chi connectivity index (χ0) is 9.78. The van der Waals surface area contributed by atoms with Crippen LogP contribution in [0.1, 0.15) is 33.1 Å². The van der Waals surface area contributed by atoms with Crippen molar-refractivity contribution in [2.75, 3.05) is 0 Å². The summed E-state index contributed by atoms with van der Waals surface area (Å²) in [6.07, 6.45) is -3.30. The molecule has 0 saturated heterocycles. The van der Waals surface area contributed by atoms with Crippen molar-refractivity contribution >= 4 is 0 Å². The third-order valence-electron chi connectivity index (χ3n) is 2.07. The average molecular weight is 183 g/mol. The van der Waals surface area contributed by atoms with Gasteiger partial charge in [0.2, 0.25) is 0 Å². The van der Waals surface area contributed by atoms with E-state index in [1.54, 1.807) is 13.8 Å². The van der Waals surface area contributed by atoms with Gasteiger partial charge < -0.3 is 5.73 Å². The van der Waals surface area contributed by atoms with Crippen molar-refractivity contribution in [2.24, 2.45) is 11.7 Å². The molecule has 12 heavy (non-hydrogen) atoms. The first-order valence-corrected chi connectivity index (χ1v) is 4.24. The van der Waals surface area contributed by atoms with Crippen molar-refractivity contribution in [3.8, 4) is 0 Å². The summed E-state index contributed by atoms with van der Waals surface area (Å²) in [6, 6.07) is -0.323. The summed E-state index contributed by atoms with van der Waals surface area (Å²) < 4.78 is 36.5. The number of hydrogen-bond acceptors (Lipinski definition) is 1. The Hall–Kier alpha value is -0.250. The Morgan fingerprint density at radius 1 is 1.17 bits per heavy atom. The van der Waals surface area contributed by atoms with Crippen molar-refractivity contribution in [2.45, 2.75) is 45.3 Å². The largest absolute Gasteiger partial charge is 0.391 e. The summed E-state index contributed by atoms with van der Waals surface area (Å²) in [5.74, 6) is -1.23. The summed E-state index contributed by atoms with van der Waals surface area (Å²) in [7, 11) is 0. The van der Waals surface area contributed by atoms with Gasteiger partial charge in [0.1, 0.15) is 0 Å². The Balaban J connectivity index is 4.00. The molecule has 0 heterocycles. The number of hydrogen-bond donors (Lipinski definition) is 1. The van der Waals surface area contributed by atoms with Crippen LogP contribution in [0.5, 0.6) is 0 Å². The molecule has 0 bridgehead atoms. The molecule has 2 N–H and O–H groups in total. The summed E-state index contributed by atoms with van der Waals surface area (Å²) in [5.41, 5.74) is 5.45. The minimum absolute atomic E-state index is 0.0521. The first-order chi connectivity index (χ1) is 5.41. The zero-order valence-electron chi connectivity index (χ0n) is 7.49.